The normalized spacial score (nSPS) is 12.2. The van der Waals surface area contributed by atoms with Crippen LogP contribution in [0.2, 0.25) is 0 Å². The molecule has 0 saturated heterocycles. The van der Waals surface area contributed by atoms with Crippen molar-refractivity contribution < 1.29 is 9.21 Å². The maximum atomic E-state index is 12.4. The molecular formula is C21H21N5O2S. The van der Waals surface area contributed by atoms with Gasteiger partial charge in [0.2, 0.25) is 11.1 Å². The molecule has 29 heavy (non-hydrogen) atoms. The van der Waals surface area contributed by atoms with Gasteiger partial charge in [-0.3, -0.25) is 4.79 Å². The third-order valence-electron chi connectivity index (χ3n) is 4.60. The molecule has 0 spiro atoms. The fraction of sp³-hybridized carbons (Fsp3) is 0.238. The lowest BCUT2D eigenvalue weighted by Crippen LogP contribution is -2.28. The quantitative estimate of drug-likeness (QED) is 0.486. The number of furan rings is 1. The summed E-state index contributed by atoms with van der Waals surface area (Å²) >= 11 is 1.30. The van der Waals surface area contributed by atoms with Gasteiger partial charge in [-0.25, -0.2) is 0 Å². The molecule has 1 atom stereocenters. The highest BCUT2D eigenvalue weighted by molar-refractivity contribution is 7.99. The highest BCUT2D eigenvalue weighted by atomic mass is 32.2. The Bertz CT molecular complexity index is 1130. The second-order valence-corrected chi connectivity index (χ2v) is 7.87. The van der Waals surface area contributed by atoms with Crippen molar-refractivity contribution in [2.24, 2.45) is 0 Å². The Labute approximate surface area is 172 Å². The number of aromatic nitrogens is 4. The molecule has 0 fully saturated rings. The molecule has 2 heterocycles. The predicted octanol–water partition coefficient (Wildman–Crippen LogP) is 3.99. The van der Waals surface area contributed by atoms with E-state index in [2.05, 4.69) is 26.9 Å². The third kappa shape index (κ3) is 4.17. The lowest BCUT2D eigenvalue weighted by Gasteiger charge is -2.11. The molecule has 0 unspecified atom stereocenters. The van der Waals surface area contributed by atoms with Gasteiger partial charge in [-0.15, -0.1) is 5.10 Å². The molecular weight excluding hydrogens is 386 g/mol. The van der Waals surface area contributed by atoms with Gasteiger partial charge < -0.3 is 9.73 Å². The molecule has 0 aliphatic carbocycles. The van der Waals surface area contributed by atoms with Crippen molar-refractivity contribution in [1.29, 1.82) is 0 Å². The Hall–Kier alpha value is -3.13. The summed E-state index contributed by atoms with van der Waals surface area (Å²) in [7, 11) is 0. The summed E-state index contributed by atoms with van der Waals surface area (Å²) in [6, 6.07) is 15.6. The van der Waals surface area contributed by atoms with Crippen molar-refractivity contribution >= 4 is 28.6 Å². The number of fused-ring (bicyclic) bond motifs is 1. The van der Waals surface area contributed by atoms with E-state index >= 15 is 0 Å². The summed E-state index contributed by atoms with van der Waals surface area (Å²) in [4.78, 5) is 12.4. The molecule has 1 amide bonds. The molecule has 0 saturated carbocycles. The van der Waals surface area contributed by atoms with E-state index < -0.39 is 0 Å². The van der Waals surface area contributed by atoms with Gasteiger partial charge in [0.05, 0.1) is 17.5 Å². The minimum absolute atomic E-state index is 0.113. The smallest absolute Gasteiger partial charge is 0.231 e. The van der Waals surface area contributed by atoms with Crippen molar-refractivity contribution in [2.45, 2.75) is 32.0 Å². The zero-order valence-corrected chi connectivity index (χ0v) is 17.2. The van der Waals surface area contributed by atoms with Gasteiger partial charge in [0, 0.05) is 5.39 Å². The number of aryl methyl sites for hydroxylation is 2. The Kier molecular flexibility index (Phi) is 5.35. The summed E-state index contributed by atoms with van der Waals surface area (Å²) in [6.45, 7) is 5.96. The average molecular weight is 407 g/mol. The SMILES string of the molecule is Cc1ccc(-n2nnnc2SCC(=O)N[C@H](C)c2cc3ccccc3o2)c(C)c1. The van der Waals surface area contributed by atoms with Gasteiger partial charge in [-0.05, 0) is 55.0 Å². The van der Waals surface area contributed by atoms with E-state index in [1.165, 1.54) is 17.3 Å². The topological polar surface area (TPSA) is 85.8 Å². The number of para-hydroxylation sites is 1. The van der Waals surface area contributed by atoms with Crippen molar-refractivity contribution in [1.82, 2.24) is 25.5 Å². The van der Waals surface area contributed by atoms with Crippen molar-refractivity contribution in [3.63, 3.8) is 0 Å². The Morgan fingerprint density at radius 3 is 2.83 bits per heavy atom. The summed E-state index contributed by atoms with van der Waals surface area (Å²) in [6.07, 6.45) is 0. The van der Waals surface area contributed by atoms with Crippen LogP contribution in [0.4, 0.5) is 0 Å². The number of hydrogen-bond donors (Lipinski definition) is 1. The average Bonchev–Trinajstić information content (AvgIpc) is 3.33. The second kappa shape index (κ2) is 8.08. The van der Waals surface area contributed by atoms with Crippen molar-refractivity contribution in [3.05, 3.63) is 65.4 Å². The highest BCUT2D eigenvalue weighted by Crippen LogP contribution is 2.24. The molecule has 148 valence electrons. The lowest BCUT2D eigenvalue weighted by molar-refractivity contribution is -0.119. The van der Waals surface area contributed by atoms with E-state index in [4.69, 9.17) is 4.42 Å². The van der Waals surface area contributed by atoms with E-state index in [0.717, 1.165) is 28.0 Å². The summed E-state index contributed by atoms with van der Waals surface area (Å²) in [5, 5.41) is 16.5. The number of nitrogens with one attached hydrogen (secondary N) is 1. The van der Waals surface area contributed by atoms with E-state index in [9.17, 15) is 4.79 Å². The van der Waals surface area contributed by atoms with E-state index in [1.54, 1.807) is 4.68 Å². The van der Waals surface area contributed by atoms with Gasteiger partial charge >= 0.3 is 0 Å². The summed E-state index contributed by atoms with van der Waals surface area (Å²) in [5.41, 5.74) is 3.96. The molecule has 1 N–H and O–H groups in total. The Balaban J connectivity index is 1.41. The summed E-state index contributed by atoms with van der Waals surface area (Å²) < 4.78 is 7.48. The highest BCUT2D eigenvalue weighted by Gasteiger charge is 2.17. The van der Waals surface area contributed by atoms with Crippen LogP contribution in [0.3, 0.4) is 0 Å². The molecule has 2 aromatic carbocycles. The molecule has 0 aliphatic heterocycles. The van der Waals surface area contributed by atoms with Crippen molar-refractivity contribution in [3.8, 4) is 5.69 Å². The maximum absolute atomic E-state index is 12.4. The molecule has 8 heteroatoms. The second-order valence-electron chi connectivity index (χ2n) is 6.93. The van der Waals surface area contributed by atoms with Crippen LogP contribution in [-0.2, 0) is 4.79 Å². The van der Waals surface area contributed by atoms with E-state index in [-0.39, 0.29) is 17.7 Å². The first-order chi connectivity index (χ1) is 14.0. The monoisotopic (exact) mass is 407 g/mol. The van der Waals surface area contributed by atoms with Crippen LogP contribution < -0.4 is 5.32 Å². The predicted molar refractivity (Wildman–Crippen MR) is 112 cm³/mol. The number of nitrogens with zero attached hydrogens (tertiary/aromatic N) is 4. The number of carbonyl (C=O) groups excluding carboxylic acids is 1. The first-order valence-corrected chi connectivity index (χ1v) is 10.3. The standard InChI is InChI=1S/C21H21N5O2S/c1-13-8-9-17(14(2)10-13)26-21(23-24-25-26)29-12-20(27)22-15(3)19-11-16-6-4-5-7-18(16)28-19/h4-11,15H,12H2,1-3H3,(H,22,27)/t15-/m1/s1. The van der Waals surface area contributed by atoms with Crippen LogP contribution in [0.15, 0.2) is 58.1 Å². The molecule has 7 nitrogen and oxygen atoms in total. The molecule has 0 aliphatic rings. The first kappa shape index (κ1) is 19.2. The number of rotatable bonds is 6. The first-order valence-electron chi connectivity index (χ1n) is 9.28. The van der Waals surface area contributed by atoms with Crippen LogP contribution in [0, 0.1) is 13.8 Å². The fourth-order valence-electron chi connectivity index (χ4n) is 3.16. The minimum Gasteiger partial charge on any atom is -0.459 e. The van der Waals surface area contributed by atoms with E-state index in [0.29, 0.717) is 5.16 Å². The number of tetrazole rings is 1. The fourth-order valence-corrected chi connectivity index (χ4v) is 3.86. The maximum Gasteiger partial charge on any atom is 0.231 e. The number of benzene rings is 2. The van der Waals surface area contributed by atoms with Crippen LogP contribution in [0.25, 0.3) is 16.7 Å². The Morgan fingerprint density at radius 2 is 2.03 bits per heavy atom. The number of carbonyl (C=O) groups is 1. The zero-order valence-electron chi connectivity index (χ0n) is 16.4. The third-order valence-corrected chi connectivity index (χ3v) is 5.52. The van der Waals surface area contributed by atoms with Gasteiger partial charge in [-0.1, -0.05) is 47.7 Å². The van der Waals surface area contributed by atoms with Crippen LogP contribution in [0.5, 0.6) is 0 Å². The van der Waals surface area contributed by atoms with Crippen LogP contribution in [0.1, 0.15) is 29.9 Å². The molecule has 4 rings (SSSR count). The molecule has 2 aromatic heterocycles. The van der Waals surface area contributed by atoms with Gasteiger partial charge in [-0.2, -0.15) is 4.68 Å². The van der Waals surface area contributed by atoms with Gasteiger partial charge in [0.15, 0.2) is 0 Å². The zero-order chi connectivity index (χ0) is 20.4. The largest absolute Gasteiger partial charge is 0.459 e. The van der Waals surface area contributed by atoms with Crippen LogP contribution >= 0.6 is 11.8 Å². The number of hydrogen-bond acceptors (Lipinski definition) is 6. The molecule has 4 aromatic rings. The lowest BCUT2D eigenvalue weighted by atomic mass is 10.1. The Morgan fingerprint density at radius 1 is 1.21 bits per heavy atom. The minimum atomic E-state index is -0.231. The molecule has 0 radical (unpaired) electrons. The van der Waals surface area contributed by atoms with Gasteiger partial charge in [0.1, 0.15) is 11.3 Å². The number of amides is 1. The van der Waals surface area contributed by atoms with E-state index in [1.807, 2.05) is 63.2 Å². The summed E-state index contributed by atoms with van der Waals surface area (Å²) in [5.74, 6) is 0.818. The molecule has 0 bridgehead atoms. The number of thioether (sulfide) groups is 1. The van der Waals surface area contributed by atoms with Gasteiger partial charge in [0.25, 0.3) is 0 Å². The van der Waals surface area contributed by atoms with Crippen LogP contribution in [-0.4, -0.2) is 31.9 Å². The van der Waals surface area contributed by atoms with Crippen molar-refractivity contribution in [2.75, 3.05) is 5.75 Å².